The molecule has 6 rings (SSSR count). The molecule has 0 atom stereocenters. The fourth-order valence-electron chi connectivity index (χ4n) is 5.15. The normalized spacial score (nSPS) is 16.3. The number of piperazine rings is 1. The zero-order chi connectivity index (χ0) is 25.2. The largest absolute Gasteiger partial charge is 0.493 e. The molecule has 0 aliphatic carbocycles. The highest BCUT2D eigenvalue weighted by Gasteiger charge is 2.25. The Kier molecular flexibility index (Phi) is 6.91. The van der Waals surface area contributed by atoms with Gasteiger partial charge < -0.3 is 19.4 Å². The summed E-state index contributed by atoms with van der Waals surface area (Å²) in [5.41, 5.74) is 4.13. The van der Waals surface area contributed by atoms with E-state index in [1.54, 1.807) is 12.4 Å². The molecule has 7 nitrogen and oxygen atoms in total. The average molecular weight is 515 g/mol. The molecule has 2 aliphatic rings. The van der Waals surface area contributed by atoms with Crippen LogP contribution in [0.2, 0.25) is 5.02 Å². The van der Waals surface area contributed by atoms with Crippen LogP contribution in [0, 0.1) is 0 Å². The monoisotopic (exact) mass is 514 g/mol. The first-order valence-corrected chi connectivity index (χ1v) is 13.3. The lowest BCUT2D eigenvalue weighted by atomic mass is 10.1. The number of hydrogen-bond donors (Lipinski definition) is 0. The highest BCUT2D eigenvalue weighted by molar-refractivity contribution is 6.30. The van der Waals surface area contributed by atoms with Gasteiger partial charge in [-0.2, -0.15) is 0 Å². The first kappa shape index (κ1) is 24.1. The molecule has 4 heterocycles. The van der Waals surface area contributed by atoms with Crippen molar-refractivity contribution in [1.29, 1.82) is 0 Å². The third-order valence-corrected chi connectivity index (χ3v) is 7.48. The topological polar surface area (TPSA) is 57.6 Å². The van der Waals surface area contributed by atoms with Gasteiger partial charge in [0.25, 0.3) is 0 Å². The van der Waals surface area contributed by atoms with Crippen molar-refractivity contribution >= 4 is 34.0 Å². The smallest absolute Gasteiger partial charge is 0.163 e. The van der Waals surface area contributed by atoms with E-state index in [0.29, 0.717) is 12.4 Å². The van der Waals surface area contributed by atoms with E-state index in [1.165, 1.54) is 5.56 Å². The quantitative estimate of drug-likeness (QED) is 0.320. The van der Waals surface area contributed by atoms with E-state index < -0.39 is 0 Å². The second-order valence-electron chi connectivity index (χ2n) is 9.81. The third-order valence-electron chi connectivity index (χ3n) is 7.24. The van der Waals surface area contributed by atoms with Crippen LogP contribution >= 0.6 is 11.6 Å². The van der Waals surface area contributed by atoms with Gasteiger partial charge in [0.05, 0.1) is 12.1 Å². The second kappa shape index (κ2) is 10.6. The summed E-state index contributed by atoms with van der Waals surface area (Å²) in [7, 11) is 2.19. The van der Waals surface area contributed by atoms with E-state index in [0.717, 1.165) is 90.9 Å². The summed E-state index contributed by atoms with van der Waals surface area (Å²) in [4.78, 5) is 21.4. The van der Waals surface area contributed by atoms with Gasteiger partial charge in [-0.1, -0.05) is 11.6 Å². The summed E-state index contributed by atoms with van der Waals surface area (Å²) >= 11 is 6.27. The van der Waals surface area contributed by atoms with Gasteiger partial charge in [-0.25, -0.2) is 9.97 Å². The van der Waals surface area contributed by atoms with Crippen molar-refractivity contribution in [2.75, 3.05) is 57.8 Å². The Balaban J connectivity index is 1.27. The first-order valence-electron chi connectivity index (χ1n) is 13.0. The van der Waals surface area contributed by atoms with Crippen molar-refractivity contribution in [3.05, 3.63) is 71.5 Å². The lowest BCUT2D eigenvalue weighted by molar-refractivity contribution is 0.145. The predicted octanol–water partition coefficient (Wildman–Crippen LogP) is 5.06. The molecular formula is C29H31ClN6O. The fraction of sp³-hybridized carbons (Fsp3) is 0.345. The lowest BCUT2D eigenvalue weighted by Crippen LogP contribution is -2.44. The van der Waals surface area contributed by atoms with Crippen LogP contribution in [-0.2, 0) is 6.42 Å². The number of anilines is 2. The highest BCUT2D eigenvalue weighted by atomic mass is 35.5. The number of nitrogens with zero attached hydrogens (tertiary/aromatic N) is 6. The molecule has 2 aliphatic heterocycles. The zero-order valence-corrected chi connectivity index (χ0v) is 21.9. The molecule has 1 fully saturated rings. The average Bonchev–Trinajstić information content (AvgIpc) is 3.34. The van der Waals surface area contributed by atoms with Gasteiger partial charge in [0, 0.05) is 79.4 Å². The van der Waals surface area contributed by atoms with Crippen molar-refractivity contribution in [3.8, 4) is 17.1 Å². The first-order chi connectivity index (χ1) is 18.1. The summed E-state index contributed by atoms with van der Waals surface area (Å²) in [6.45, 7) is 7.15. The molecule has 0 N–H and O–H groups in total. The van der Waals surface area contributed by atoms with E-state index >= 15 is 0 Å². The molecule has 190 valence electrons. The van der Waals surface area contributed by atoms with Crippen molar-refractivity contribution in [3.63, 3.8) is 0 Å². The number of halogens is 1. The molecule has 0 amide bonds. The molecule has 0 bridgehead atoms. The van der Waals surface area contributed by atoms with Gasteiger partial charge in [-0.3, -0.25) is 4.98 Å². The molecule has 1 saturated heterocycles. The van der Waals surface area contributed by atoms with Gasteiger partial charge in [-0.15, -0.1) is 0 Å². The minimum atomic E-state index is 0.658. The highest BCUT2D eigenvalue weighted by Crippen LogP contribution is 2.39. The van der Waals surface area contributed by atoms with Crippen LogP contribution in [0.1, 0.15) is 12.0 Å². The van der Waals surface area contributed by atoms with E-state index in [2.05, 4.69) is 44.9 Å². The number of hydrogen-bond acceptors (Lipinski definition) is 7. The second-order valence-corrected chi connectivity index (χ2v) is 10.2. The lowest BCUT2D eigenvalue weighted by Gasteiger charge is -2.32. The molecule has 0 saturated carbocycles. The minimum absolute atomic E-state index is 0.658. The minimum Gasteiger partial charge on any atom is -0.493 e. The van der Waals surface area contributed by atoms with Crippen molar-refractivity contribution < 1.29 is 4.74 Å². The Bertz CT molecular complexity index is 1390. The molecule has 2 aromatic heterocycles. The molecule has 0 spiro atoms. The maximum Gasteiger partial charge on any atom is 0.163 e. The Morgan fingerprint density at radius 3 is 2.70 bits per heavy atom. The van der Waals surface area contributed by atoms with Crippen LogP contribution in [0.5, 0.6) is 5.75 Å². The van der Waals surface area contributed by atoms with Gasteiger partial charge >= 0.3 is 0 Å². The van der Waals surface area contributed by atoms with E-state index in [-0.39, 0.29) is 0 Å². The van der Waals surface area contributed by atoms with Gasteiger partial charge in [-0.05, 0) is 67.9 Å². The van der Waals surface area contributed by atoms with Crippen LogP contribution in [0.3, 0.4) is 0 Å². The molecule has 37 heavy (non-hydrogen) atoms. The summed E-state index contributed by atoms with van der Waals surface area (Å²) in [6.07, 6.45) is 5.50. The van der Waals surface area contributed by atoms with Crippen LogP contribution < -0.4 is 9.64 Å². The maximum atomic E-state index is 6.27. The fourth-order valence-corrected chi connectivity index (χ4v) is 5.35. The number of aromatic nitrogens is 3. The number of fused-ring (bicyclic) bond motifs is 2. The van der Waals surface area contributed by atoms with Crippen LogP contribution in [0.25, 0.3) is 22.3 Å². The van der Waals surface area contributed by atoms with Gasteiger partial charge in [0.1, 0.15) is 11.6 Å². The number of rotatable bonds is 7. The molecule has 2 aromatic carbocycles. The number of ether oxygens (including phenoxy) is 1. The van der Waals surface area contributed by atoms with Gasteiger partial charge in [0.2, 0.25) is 0 Å². The third kappa shape index (κ3) is 5.25. The van der Waals surface area contributed by atoms with Crippen molar-refractivity contribution in [1.82, 2.24) is 24.8 Å². The Labute approximate surface area is 222 Å². The van der Waals surface area contributed by atoms with E-state index in [9.17, 15) is 0 Å². The Morgan fingerprint density at radius 1 is 0.973 bits per heavy atom. The number of benzene rings is 2. The predicted molar refractivity (Wildman–Crippen MR) is 149 cm³/mol. The molecule has 0 unspecified atom stereocenters. The van der Waals surface area contributed by atoms with Crippen molar-refractivity contribution in [2.45, 2.75) is 12.8 Å². The van der Waals surface area contributed by atoms with Crippen LogP contribution in [0.4, 0.5) is 11.5 Å². The van der Waals surface area contributed by atoms with E-state index in [1.807, 2.05) is 30.3 Å². The maximum absolute atomic E-state index is 6.27. The van der Waals surface area contributed by atoms with Crippen LogP contribution in [0.15, 0.2) is 60.9 Å². The molecular weight excluding hydrogens is 484 g/mol. The van der Waals surface area contributed by atoms with Crippen LogP contribution in [-0.4, -0.2) is 77.7 Å². The zero-order valence-electron chi connectivity index (χ0n) is 21.1. The van der Waals surface area contributed by atoms with E-state index in [4.69, 9.17) is 26.3 Å². The summed E-state index contributed by atoms with van der Waals surface area (Å²) in [6, 6.07) is 16.1. The standard InChI is InChI=1S/C29H31ClN6O/c1-34-13-15-35(16-14-34)11-3-17-37-24-6-7-25-26(19-24)32-28(22-4-2-10-31-20-22)33-29(25)36-12-9-21-18-23(30)5-8-27(21)36/h2,4-8,10,18-20H,3,9,11-17H2,1H3. The molecule has 0 radical (unpaired) electrons. The van der Waals surface area contributed by atoms with Crippen molar-refractivity contribution in [2.24, 2.45) is 0 Å². The number of likely N-dealkylation sites (N-methyl/N-ethyl adjacent to an activating group) is 1. The summed E-state index contributed by atoms with van der Waals surface area (Å²) in [5, 5.41) is 1.76. The summed E-state index contributed by atoms with van der Waals surface area (Å²) in [5.74, 6) is 2.39. The Morgan fingerprint density at radius 2 is 1.86 bits per heavy atom. The summed E-state index contributed by atoms with van der Waals surface area (Å²) < 4.78 is 6.17. The Hall–Kier alpha value is -3.26. The SMILES string of the molecule is CN1CCN(CCCOc2ccc3c(N4CCc5cc(Cl)ccc54)nc(-c4cccnc4)nc3c2)CC1. The number of pyridine rings is 1. The molecule has 4 aromatic rings. The molecule has 8 heteroatoms. The van der Waals surface area contributed by atoms with Gasteiger partial charge in [0.15, 0.2) is 5.82 Å².